The van der Waals surface area contributed by atoms with Crippen LogP contribution in [0.4, 0.5) is 0 Å². The van der Waals surface area contributed by atoms with Crippen molar-refractivity contribution in [2.45, 2.75) is 0 Å². The number of aromatic amines is 1. The Bertz CT molecular complexity index is 566. The third kappa shape index (κ3) is 1.60. The summed E-state index contributed by atoms with van der Waals surface area (Å²) in [7, 11) is 0. The van der Waals surface area contributed by atoms with E-state index in [-0.39, 0.29) is 5.56 Å². The quantitative estimate of drug-likeness (QED) is 0.723. The molecule has 2 aromatic rings. The normalized spacial score (nSPS) is 10.9. The van der Waals surface area contributed by atoms with E-state index in [0.717, 1.165) is 0 Å². The number of carbonyl (C=O) groups is 1. The van der Waals surface area contributed by atoms with E-state index in [1.54, 1.807) is 0 Å². The zero-order valence-electron chi connectivity index (χ0n) is 6.88. The molecule has 78 valence electrons. The summed E-state index contributed by atoms with van der Waals surface area (Å²) < 4.78 is 1.39. The Morgan fingerprint density at radius 2 is 1.60 bits per heavy atom. The number of aromatic carboxylic acids is 1. The molecule has 8 heteroatoms. The summed E-state index contributed by atoms with van der Waals surface area (Å²) in [4.78, 5) is 11.0. The minimum atomic E-state index is -1.04. The first-order valence-corrected chi connectivity index (χ1v) is 6.02. The Hall–Kier alpha value is -0.470. The van der Waals surface area contributed by atoms with Crippen LogP contribution in [0.25, 0.3) is 11.0 Å². The Morgan fingerprint density at radius 3 is 2.13 bits per heavy atom. The van der Waals surface area contributed by atoms with Gasteiger partial charge in [0.25, 0.3) is 0 Å². The highest BCUT2D eigenvalue weighted by atomic mass is 79.9. The third-order valence-electron chi connectivity index (χ3n) is 1.81. The number of benzene rings is 1. The zero-order valence-corrected chi connectivity index (χ0v) is 11.6. The second-order valence-electron chi connectivity index (χ2n) is 2.64. The van der Waals surface area contributed by atoms with Gasteiger partial charge in [-0.15, -0.1) is 0 Å². The maximum Gasteiger partial charge on any atom is 0.338 e. The number of carboxylic acid groups (broad SMARTS) is 1. The second-order valence-corrected chi connectivity index (χ2v) is 5.02. The van der Waals surface area contributed by atoms with Gasteiger partial charge < -0.3 is 5.11 Å². The van der Waals surface area contributed by atoms with Gasteiger partial charge in [0.05, 0.1) is 14.5 Å². The van der Waals surface area contributed by atoms with Crippen molar-refractivity contribution >= 4 is 64.8 Å². The molecule has 5 nitrogen and oxygen atoms in total. The van der Waals surface area contributed by atoms with Crippen LogP contribution in [0, 0.1) is 0 Å². The molecular weight excluding hydrogens is 398 g/mol. The van der Waals surface area contributed by atoms with Crippen molar-refractivity contribution in [2.75, 3.05) is 0 Å². The highest BCUT2D eigenvalue weighted by Gasteiger charge is 2.22. The molecule has 0 atom stereocenters. The van der Waals surface area contributed by atoms with Gasteiger partial charge in [-0.05, 0) is 47.8 Å². The summed E-state index contributed by atoms with van der Waals surface area (Å²) >= 11 is 9.65. The summed E-state index contributed by atoms with van der Waals surface area (Å²) in [5.74, 6) is -1.04. The van der Waals surface area contributed by atoms with Gasteiger partial charge in [-0.1, -0.05) is 0 Å². The molecule has 0 radical (unpaired) electrons. The lowest BCUT2D eigenvalue weighted by molar-refractivity contribution is 0.0695. The van der Waals surface area contributed by atoms with E-state index in [2.05, 4.69) is 63.2 Å². The van der Waals surface area contributed by atoms with Crippen LogP contribution in [0.3, 0.4) is 0 Å². The number of H-pyrrole nitrogens is 1. The molecule has 0 aliphatic heterocycles. The number of rotatable bonds is 1. The van der Waals surface area contributed by atoms with Gasteiger partial charge in [-0.2, -0.15) is 15.4 Å². The highest BCUT2D eigenvalue weighted by molar-refractivity contribution is 9.13. The van der Waals surface area contributed by atoms with E-state index in [4.69, 9.17) is 5.11 Å². The molecule has 0 saturated carbocycles. The first kappa shape index (κ1) is 11.0. The van der Waals surface area contributed by atoms with Crippen LogP contribution in [0.1, 0.15) is 10.4 Å². The lowest BCUT2D eigenvalue weighted by Crippen LogP contribution is -2.00. The second kappa shape index (κ2) is 3.84. The van der Waals surface area contributed by atoms with Crippen LogP contribution in [0.5, 0.6) is 0 Å². The van der Waals surface area contributed by atoms with Crippen molar-refractivity contribution in [1.82, 2.24) is 15.4 Å². The van der Waals surface area contributed by atoms with Crippen LogP contribution in [-0.2, 0) is 0 Å². The van der Waals surface area contributed by atoms with E-state index in [0.29, 0.717) is 24.5 Å². The smallest absolute Gasteiger partial charge is 0.338 e. The molecule has 2 rings (SSSR count). The van der Waals surface area contributed by atoms with Crippen molar-refractivity contribution in [3.8, 4) is 0 Å². The number of fused-ring (bicyclic) bond motifs is 1. The van der Waals surface area contributed by atoms with Gasteiger partial charge >= 0.3 is 5.97 Å². The van der Waals surface area contributed by atoms with Crippen molar-refractivity contribution in [1.29, 1.82) is 0 Å². The summed E-state index contributed by atoms with van der Waals surface area (Å²) in [5.41, 5.74) is 1.16. The molecule has 1 aromatic carbocycles. The average Bonchev–Trinajstić information content (AvgIpc) is 2.62. The van der Waals surface area contributed by atoms with E-state index >= 15 is 0 Å². The lowest BCUT2D eigenvalue weighted by Gasteiger charge is -2.04. The van der Waals surface area contributed by atoms with Crippen LogP contribution in [-0.4, -0.2) is 26.5 Å². The molecule has 0 fully saturated rings. The van der Waals surface area contributed by atoms with Gasteiger partial charge in [0.15, 0.2) is 0 Å². The summed E-state index contributed by atoms with van der Waals surface area (Å²) in [5, 5.41) is 19.2. The van der Waals surface area contributed by atoms with Gasteiger partial charge in [-0.3, -0.25) is 0 Å². The first-order valence-electron chi connectivity index (χ1n) is 3.64. The molecule has 0 bridgehead atoms. The molecule has 2 N–H and O–H groups in total. The van der Waals surface area contributed by atoms with Crippen molar-refractivity contribution in [3.05, 3.63) is 19.0 Å². The van der Waals surface area contributed by atoms with Crippen molar-refractivity contribution in [3.63, 3.8) is 0 Å². The fourth-order valence-corrected chi connectivity index (χ4v) is 3.09. The predicted octanol–water partition coefficient (Wildman–Crippen LogP) is 2.94. The standard InChI is InChI=1S/C7H2Br3N3O2/c8-2-1(7(14)15)3(9)5-6(4(2)10)12-13-11-5/h(H,14,15)(H,11,12,13). The minimum Gasteiger partial charge on any atom is -0.478 e. The number of nitrogens with one attached hydrogen (secondary N) is 1. The van der Waals surface area contributed by atoms with Gasteiger partial charge in [-0.25, -0.2) is 4.79 Å². The van der Waals surface area contributed by atoms with Gasteiger partial charge in [0.1, 0.15) is 11.0 Å². The Morgan fingerprint density at radius 1 is 1.07 bits per heavy atom. The maximum absolute atomic E-state index is 11.0. The molecule has 0 saturated heterocycles. The molecular formula is C7H2Br3N3O2. The number of hydrogen-bond acceptors (Lipinski definition) is 3. The molecule has 0 unspecified atom stereocenters. The Balaban J connectivity index is 2.98. The molecule has 0 aliphatic rings. The number of hydrogen-bond donors (Lipinski definition) is 2. The van der Waals surface area contributed by atoms with E-state index in [1.807, 2.05) is 0 Å². The number of aromatic nitrogens is 3. The minimum absolute atomic E-state index is 0.114. The SMILES string of the molecule is O=C(O)c1c(Br)c(Br)c2n[nH]nc2c1Br. The molecule has 1 heterocycles. The Labute approximate surface area is 109 Å². The van der Waals surface area contributed by atoms with Crippen LogP contribution >= 0.6 is 47.8 Å². The first-order chi connectivity index (χ1) is 7.04. The van der Waals surface area contributed by atoms with Crippen molar-refractivity contribution < 1.29 is 9.90 Å². The van der Waals surface area contributed by atoms with Gasteiger partial charge in [0, 0.05) is 4.47 Å². The highest BCUT2D eigenvalue weighted by Crippen LogP contribution is 2.38. The summed E-state index contributed by atoms with van der Waals surface area (Å²) in [6.45, 7) is 0. The summed E-state index contributed by atoms with van der Waals surface area (Å²) in [6, 6.07) is 0. The maximum atomic E-state index is 11.0. The summed E-state index contributed by atoms with van der Waals surface area (Å²) in [6.07, 6.45) is 0. The molecule has 15 heavy (non-hydrogen) atoms. The van der Waals surface area contributed by atoms with Crippen LogP contribution < -0.4 is 0 Å². The number of halogens is 3. The number of carboxylic acids is 1. The molecule has 0 spiro atoms. The zero-order chi connectivity index (χ0) is 11.2. The predicted molar refractivity (Wildman–Crippen MR) is 63.9 cm³/mol. The number of nitrogens with zero attached hydrogens (tertiary/aromatic N) is 2. The monoisotopic (exact) mass is 397 g/mol. The topological polar surface area (TPSA) is 78.9 Å². The fraction of sp³-hybridized carbons (Fsp3) is 0. The van der Waals surface area contributed by atoms with Crippen molar-refractivity contribution in [2.24, 2.45) is 0 Å². The van der Waals surface area contributed by atoms with E-state index in [9.17, 15) is 4.79 Å². The van der Waals surface area contributed by atoms with E-state index in [1.165, 1.54) is 0 Å². The molecule has 1 aromatic heterocycles. The Kier molecular flexibility index (Phi) is 2.82. The van der Waals surface area contributed by atoms with Crippen LogP contribution in [0.2, 0.25) is 0 Å². The lowest BCUT2D eigenvalue weighted by atomic mass is 10.2. The fourth-order valence-electron chi connectivity index (χ4n) is 1.15. The van der Waals surface area contributed by atoms with E-state index < -0.39 is 5.97 Å². The largest absolute Gasteiger partial charge is 0.478 e. The van der Waals surface area contributed by atoms with Crippen LogP contribution in [0.15, 0.2) is 13.4 Å². The van der Waals surface area contributed by atoms with Gasteiger partial charge in [0.2, 0.25) is 0 Å². The molecule has 0 aliphatic carbocycles. The average molecular weight is 400 g/mol. The molecule has 0 amide bonds. The third-order valence-corrected chi connectivity index (χ3v) is 4.68.